The van der Waals surface area contributed by atoms with E-state index in [1.165, 1.54) is 6.26 Å². The van der Waals surface area contributed by atoms with Crippen molar-refractivity contribution in [3.8, 4) is 5.75 Å². The SMILES string of the molecule is CCCCCCOc1ccc(Br)cc1C(=O)NC(=S)Nc1cccc(NC(=O)c2ccco2)c1. The van der Waals surface area contributed by atoms with Gasteiger partial charge in [-0.05, 0) is 67.2 Å². The van der Waals surface area contributed by atoms with E-state index in [9.17, 15) is 9.59 Å². The monoisotopic (exact) mass is 543 g/mol. The molecule has 0 saturated heterocycles. The molecule has 178 valence electrons. The molecule has 0 saturated carbocycles. The van der Waals surface area contributed by atoms with Crippen molar-refractivity contribution in [2.45, 2.75) is 32.6 Å². The minimum absolute atomic E-state index is 0.119. The number of furan rings is 1. The van der Waals surface area contributed by atoms with Gasteiger partial charge in [0.15, 0.2) is 10.9 Å². The van der Waals surface area contributed by atoms with Crippen LogP contribution < -0.4 is 20.7 Å². The quantitative estimate of drug-likeness (QED) is 0.203. The summed E-state index contributed by atoms with van der Waals surface area (Å²) in [6.45, 7) is 2.70. The van der Waals surface area contributed by atoms with Crippen molar-refractivity contribution in [1.82, 2.24) is 5.32 Å². The van der Waals surface area contributed by atoms with Gasteiger partial charge in [0.25, 0.3) is 11.8 Å². The summed E-state index contributed by atoms with van der Waals surface area (Å²) >= 11 is 8.73. The zero-order valence-corrected chi connectivity index (χ0v) is 21.1. The lowest BCUT2D eigenvalue weighted by Crippen LogP contribution is -2.34. The van der Waals surface area contributed by atoms with Crippen LogP contribution in [-0.2, 0) is 0 Å². The number of halogens is 1. The smallest absolute Gasteiger partial charge is 0.291 e. The summed E-state index contributed by atoms with van der Waals surface area (Å²) in [5.41, 5.74) is 1.53. The molecule has 0 aliphatic carbocycles. The molecule has 0 spiro atoms. The van der Waals surface area contributed by atoms with Crippen LogP contribution in [0.1, 0.15) is 53.5 Å². The van der Waals surface area contributed by atoms with Crippen molar-refractivity contribution in [2.75, 3.05) is 17.2 Å². The minimum Gasteiger partial charge on any atom is -0.493 e. The zero-order chi connectivity index (χ0) is 24.3. The maximum Gasteiger partial charge on any atom is 0.291 e. The van der Waals surface area contributed by atoms with Gasteiger partial charge in [-0.15, -0.1) is 0 Å². The molecule has 0 radical (unpaired) electrons. The summed E-state index contributed by atoms with van der Waals surface area (Å²) in [5.74, 6) is -0.0410. The molecule has 2 aromatic carbocycles. The molecule has 2 amide bonds. The van der Waals surface area contributed by atoms with Gasteiger partial charge in [0.05, 0.1) is 18.4 Å². The first-order valence-corrected chi connectivity index (χ1v) is 12.2. The second-order valence-corrected chi connectivity index (χ2v) is 8.79. The van der Waals surface area contributed by atoms with Crippen LogP contribution in [0.4, 0.5) is 11.4 Å². The van der Waals surface area contributed by atoms with Crippen molar-refractivity contribution < 1.29 is 18.7 Å². The van der Waals surface area contributed by atoms with Gasteiger partial charge in [-0.3, -0.25) is 14.9 Å². The fourth-order valence-corrected chi connectivity index (χ4v) is 3.70. The van der Waals surface area contributed by atoms with Gasteiger partial charge in [-0.2, -0.15) is 0 Å². The van der Waals surface area contributed by atoms with Gasteiger partial charge in [0.2, 0.25) is 0 Å². The number of amides is 2. The molecule has 0 aliphatic rings. The standard InChI is InChI=1S/C25H26BrN3O4S/c1-2-3-4-5-13-32-21-12-11-17(26)15-20(21)23(30)29-25(34)28-19-9-6-8-18(16-19)27-24(31)22-10-7-14-33-22/h6-12,14-16H,2-5,13H2,1H3,(H,27,31)(H2,28,29,30,34). The van der Waals surface area contributed by atoms with Crippen LogP contribution in [-0.4, -0.2) is 23.5 Å². The summed E-state index contributed by atoms with van der Waals surface area (Å²) in [7, 11) is 0. The van der Waals surface area contributed by atoms with Crippen LogP contribution >= 0.6 is 28.1 Å². The highest BCUT2D eigenvalue weighted by molar-refractivity contribution is 9.10. The van der Waals surface area contributed by atoms with Crippen molar-refractivity contribution >= 4 is 56.4 Å². The van der Waals surface area contributed by atoms with Crippen LogP contribution in [0.2, 0.25) is 0 Å². The van der Waals surface area contributed by atoms with E-state index in [-0.39, 0.29) is 22.7 Å². The van der Waals surface area contributed by atoms with Gasteiger partial charge in [0.1, 0.15) is 5.75 Å². The van der Waals surface area contributed by atoms with Gasteiger partial charge in [-0.25, -0.2) is 0 Å². The zero-order valence-electron chi connectivity index (χ0n) is 18.7. The first-order chi connectivity index (χ1) is 16.5. The number of hydrogen-bond acceptors (Lipinski definition) is 5. The van der Waals surface area contributed by atoms with Crippen LogP contribution in [0.15, 0.2) is 69.8 Å². The Balaban J connectivity index is 1.59. The molecule has 0 unspecified atom stereocenters. The van der Waals surface area contributed by atoms with E-state index in [1.54, 1.807) is 48.5 Å². The third kappa shape index (κ3) is 7.71. The van der Waals surface area contributed by atoms with Crippen LogP contribution in [0.5, 0.6) is 5.75 Å². The third-order valence-corrected chi connectivity index (χ3v) is 5.49. The highest BCUT2D eigenvalue weighted by Gasteiger charge is 2.15. The van der Waals surface area contributed by atoms with Crippen molar-refractivity contribution in [3.05, 3.63) is 76.7 Å². The molecule has 0 atom stereocenters. The van der Waals surface area contributed by atoms with E-state index in [1.807, 2.05) is 6.07 Å². The molecule has 34 heavy (non-hydrogen) atoms. The van der Waals surface area contributed by atoms with E-state index >= 15 is 0 Å². The molecule has 3 rings (SSSR count). The number of ether oxygens (including phenoxy) is 1. The van der Waals surface area contributed by atoms with Gasteiger partial charge < -0.3 is 19.8 Å². The number of unbranched alkanes of at least 4 members (excludes halogenated alkanes) is 3. The Hall–Kier alpha value is -3.17. The number of carbonyl (C=O) groups excluding carboxylic acids is 2. The number of carbonyl (C=O) groups is 2. The summed E-state index contributed by atoms with van der Waals surface area (Å²) in [6.07, 6.45) is 5.75. The lowest BCUT2D eigenvalue weighted by Gasteiger charge is -2.14. The van der Waals surface area contributed by atoms with Crippen molar-refractivity contribution in [3.63, 3.8) is 0 Å². The number of nitrogens with one attached hydrogen (secondary N) is 3. The van der Waals surface area contributed by atoms with E-state index in [2.05, 4.69) is 38.8 Å². The topological polar surface area (TPSA) is 92.6 Å². The maximum atomic E-state index is 12.9. The first-order valence-electron chi connectivity index (χ1n) is 11.0. The van der Waals surface area contributed by atoms with Crippen LogP contribution in [0.3, 0.4) is 0 Å². The van der Waals surface area contributed by atoms with Gasteiger partial charge in [0, 0.05) is 15.8 Å². The Labute approximate surface area is 212 Å². The van der Waals surface area contributed by atoms with Crippen molar-refractivity contribution in [2.24, 2.45) is 0 Å². The molecule has 3 N–H and O–H groups in total. The second kappa shape index (κ2) is 12.9. The molecule has 0 fully saturated rings. The van der Waals surface area contributed by atoms with Gasteiger partial charge in [-0.1, -0.05) is 48.2 Å². The average Bonchev–Trinajstić information content (AvgIpc) is 3.35. The molecular formula is C25H26BrN3O4S. The lowest BCUT2D eigenvalue weighted by atomic mass is 10.2. The Morgan fingerprint density at radius 1 is 0.971 bits per heavy atom. The second-order valence-electron chi connectivity index (χ2n) is 7.47. The predicted molar refractivity (Wildman–Crippen MR) is 141 cm³/mol. The Bertz CT molecular complexity index is 1130. The summed E-state index contributed by atoms with van der Waals surface area (Å²) in [4.78, 5) is 25.1. The number of rotatable bonds is 10. The van der Waals surface area contributed by atoms with Crippen LogP contribution in [0, 0.1) is 0 Å². The Kier molecular flexibility index (Phi) is 9.66. The molecule has 7 nitrogen and oxygen atoms in total. The molecule has 0 bridgehead atoms. The van der Waals surface area contributed by atoms with Crippen molar-refractivity contribution in [1.29, 1.82) is 0 Å². The summed E-state index contributed by atoms with van der Waals surface area (Å²) in [6, 6.07) is 15.5. The molecule has 3 aromatic rings. The fourth-order valence-electron chi connectivity index (χ4n) is 3.12. The van der Waals surface area contributed by atoms with E-state index in [0.717, 1.165) is 30.2 Å². The number of benzene rings is 2. The normalized spacial score (nSPS) is 10.4. The number of thiocarbonyl (C=S) groups is 1. The fraction of sp³-hybridized carbons (Fsp3) is 0.240. The molecule has 1 aromatic heterocycles. The lowest BCUT2D eigenvalue weighted by molar-refractivity contribution is 0.0971. The minimum atomic E-state index is -0.385. The molecule has 1 heterocycles. The third-order valence-electron chi connectivity index (χ3n) is 4.79. The molecular weight excluding hydrogens is 518 g/mol. The summed E-state index contributed by atoms with van der Waals surface area (Å²) in [5, 5.41) is 8.51. The van der Waals surface area contributed by atoms with Crippen LogP contribution in [0.25, 0.3) is 0 Å². The van der Waals surface area contributed by atoms with E-state index in [4.69, 9.17) is 21.4 Å². The van der Waals surface area contributed by atoms with Gasteiger partial charge >= 0.3 is 0 Å². The highest BCUT2D eigenvalue weighted by atomic mass is 79.9. The number of hydrogen-bond donors (Lipinski definition) is 3. The largest absolute Gasteiger partial charge is 0.493 e. The molecule has 9 heteroatoms. The number of anilines is 2. The molecule has 0 aliphatic heterocycles. The van der Waals surface area contributed by atoms with E-state index < -0.39 is 0 Å². The highest BCUT2D eigenvalue weighted by Crippen LogP contribution is 2.24. The predicted octanol–water partition coefficient (Wildman–Crippen LogP) is 6.38. The Morgan fingerprint density at radius 3 is 2.50 bits per heavy atom. The first kappa shape index (κ1) is 25.5. The Morgan fingerprint density at radius 2 is 1.76 bits per heavy atom. The summed E-state index contributed by atoms with van der Waals surface area (Å²) < 4.78 is 11.7. The van der Waals surface area contributed by atoms with E-state index in [0.29, 0.717) is 29.3 Å². The maximum absolute atomic E-state index is 12.9. The average molecular weight is 544 g/mol.